The van der Waals surface area contributed by atoms with Gasteiger partial charge in [-0.1, -0.05) is 0 Å². The monoisotopic (exact) mass is 518 g/mol. The molecule has 1 aliphatic heterocycles. The van der Waals surface area contributed by atoms with Gasteiger partial charge in [0.25, 0.3) is 0 Å². The Kier molecular flexibility index (Phi) is 6.27. The lowest BCUT2D eigenvalue weighted by Gasteiger charge is -2.30. The van der Waals surface area contributed by atoms with Crippen LogP contribution in [0.2, 0.25) is 0 Å². The molecule has 148 valence electrons. The fourth-order valence-corrected chi connectivity index (χ4v) is 2.79. The Morgan fingerprint density at radius 1 is 1.00 bits per heavy atom. The molecule has 1 rings (SSSR count). The van der Waals surface area contributed by atoms with E-state index in [9.17, 15) is 43.5 Å². The zero-order chi connectivity index (χ0) is 19.9. The second-order valence-electron chi connectivity index (χ2n) is 4.96. The molecule has 0 unspecified atom stereocenters. The van der Waals surface area contributed by atoms with E-state index in [-0.39, 0.29) is 35.7 Å². The molecular weight excluding hydrogens is 507 g/mol. The average molecular weight is 518 g/mol. The van der Waals surface area contributed by atoms with E-state index in [1.807, 2.05) is 0 Å². The molecule has 5 nitrogen and oxygen atoms in total. The number of likely N-dealkylation sites (tertiary alicyclic amines) is 1. The highest BCUT2D eigenvalue weighted by atomic mass is 127. The summed E-state index contributed by atoms with van der Waals surface area (Å²) in [5, 5.41) is -6.31. The molecule has 0 saturated carbocycles. The van der Waals surface area contributed by atoms with Crippen LogP contribution in [0.25, 0.3) is 0 Å². The van der Waals surface area contributed by atoms with E-state index in [1.54, 1.807) is 0 Å². The van der Waals surface area contributed by atoms with E-state index in [0.29, 0.717) is 12.8 Å². The van der Waals surface area contributed by atoms with Crippen LogP contribution in [0, 0.1) is 0 Å². The maximum atomic E-state index is 13.6. The smallest absolute Gasteiger partial charge is 0.360 e. The van der Waals surface area contributed by atoms with Crippen molar-refractivity contribution in [1.82, 2.24) is 4.90 Å². The number of hydrogen-bond donors (Lipinski definition) is 0. The van der Waals surface area contributed by atoms with Crippen molar-refractivity contribution in [3.63, 3.8) is 0 Å². The van der Waals surface area contributed by atoms with Gasteiger partial charge in [0.2, 0.25) is 0 Å². The summed E-state index contributed by atoms with van der Waals surface area (Å²) in [4.78, 5) is 1.19. The van der Waals surface area contributed by atoms with Gasteiger partial charge in [-0.3, -0.25) is 0 Å². The average Bonchev–Trinajstić information content (AvgIpc) is 2.88. The second-order valence-corrected chi connectivity index (χ2v) is 7.96. The Morgan fingerprint density at radius 3 is 1.84 bits per heavy atom. The number of amidine groups is 1. The third-order valence-electron chi connectivity index (χ3n) is 3.07. The van der Waals surface area contributed by atoms with Gasteiger partial charge < -0.3 is 4.90 Å². The number of alkyl halides is 9. The molecule has 0 aromatic heterocycles. The Labute approximate surface area is 150 Å². The maximum absolute atomic E-state index is 13.6. The lowest BCUT2D eigenvalue weighted by atomic mass is 10.4. The molecule has 0 radical (unpaired) electrons. The first-order valence-electron chi connectivity index (χ1n) is 6.41. The van der Waals surface area contributed by atoms with Crippen molar-refractivity contribution in [1.29, 1.82) is 0 Å². The first-order chi connectivity index (χ1) is 10.9. The van der Waals surface area contributed by atoms with Crippen LogP contribution < -0.4 is 0 Å². The van der Waals surface area contributed by atoms with Crippen molar-refractivity contribution in [2.75, 3.05) is 13.1 Å². The second kappa shape index (κ2) is 6.94. The molecule has 0 aromatic rings. The van der Waals surface area contributed by atoms with Gasteiger partial charge in [0, 0.05) is 35.7 Å². The zero-order valence-corrected chi connectivity index (χ0v) is 15.2. The van der Waals surface area contributed by atoms with Crippen molar-refractivity contribution in [3.8, 4) is 0 Å². The third-order valence-corrected chi connectivity index (χ3v) is 5.08. The predicted octanol–water partition coefficient (Wildman–Crippen LogP) is 3.65. The summed E-state index contributed by atoms with van der Waals surface area (Å²) < 4.78 is 127. The normalized spacial score (nSPS) is 18.8. The summed E-state index contributed by atoms with van der Waals surface area (Å²) in [7, 11) is -6.41. The molecule has 0 atom stereocenters. The molecule has 1 aliphatic rings. The molecule has 0 N–H and O–H groups in total. The van der Waals surface area contributed by atoms with Gasteiger partial charge in [-0.05, 0) is 19.8 Å². The minimum absolute atomic E-state index is 0.225. The lowest BCUT2D eigenvalue weighted by molar-refractivity contribution is -0.438. The number of ether oxygens (including phenoxy) is 1. The van der Waals surface area contributed by atoms with Crippen molar-refractivity contribution in [2.24, 2.45) is 4.40 Å². The molecule has 25 heavy (non-hydrogen) atoms. The molecule has 1 fully saturated rings. The van der Waals surface area contributed by atoms with Crippen LogP contribution in [-0.4, -0.2) is 53.6 Å². The van der Waals surface area contributed by atoms with Crippen LogP contribution in [0.5, 0.6) is 0 Å². The minimum atomic E-state index is -6.47. The van der Waals surface area contributed by atoms with Crippen molar-refractivity contribution in [2.45, 2.75) is 41.2 Å². The number of rotatable bonds is 6. The van der Waals surface area contributed by atoms with E-state index in [4.69, 9.17) is 0 Å². The fourth-order valence-electron chi connectivity index (χ4n) is 1.76. The summed E-state index contributed by atoms with van der Waals surface area (Å²) in [5.74, 6) is -0.570. The molecule has 0 aliphatic carbocycles. The highest BCUT2D eigenvalue weighted by Gasteiger charge is 2.73. The standard InChI is InChI=1S/C10H11F8IN2O3S/c1-6(21-4-2-3-5-21)20-25(22,23)10(17,18)9(15,16)24-8(13,14)7(11,12)19/h2-5H2,1H3/b20-6+. The fraction of sp³-hybridized carbons (Fsp3) is 0.900. The van der Waals surface area contributed by atoms with E-state index in [2.05, 4.69) is 9.13 Å². The zero-order valence-electron chi connectivity index (χ0n) is 12.3. The number of nitrogens with zero attached hydrogens (tertiary/aromatic N) is 2. The molecule has 15 heteroatoms. The van der Waals surface area contributed by atoms with Crippen LogP contribution in [0.4, 0.5) is 35.1 Å². The predicted molar refractivity (Wildman–Crippen MR) is 77.7 cm³/mol. The Hall–Kier alpha value is -0.450. The van der Waals surface area contributed by atoms with Crippen LogP contribution in [-0.2, 0) is 14.8 Å². The van der Waals surface area contributed by atoms with E-state index < -0.39 is 37.3 Å². The highest BCUT2D eigenvalue weighted by Crippen LogP contribution is 2.49. The summed E-state index contributed by atoms with van der Waals surface area (Å²) in [5.41, 5.74) is 0. The molecule has 0 spiro atoms. The van der Waals surface area contributed by atoms with Gasteiger partial charge in [0.1, 0.15) is 5.84 Å². The molecular formula is C10H11F8IN2O3S. The topological polar surface area (TPSA) is 59.0 Å². The first-order valence-corrected chi connectivity index (χ1v) is 8.93. The van der Waals surface area contributed by atoms with Crippen LogP contribution in [0.15, 0.2) is 4.40 Å². The Balaban J connectivity index is 3.17. The van der Waals surface area contributed by atoms with Crippen LogP contribution in [0.1, 0.15) is 19.8 Å². The molecule has 1 heterocycles. The SMILES string of the molecule is C/C(=N\S(=O)(=O)C(F)(F)C(F)(F)OC(F)(F)C(F)(F)I)N1CCCC1. The van der Waals surface area contributed by atoms with E-state index in [1.165, 1.54) is 4.90 Å². The summed E-state index contributed by atoms with van der Waals surface area (Å²) >= 11 is -0.316. The van der Waals surface area contributed by atoms with Gasteiger partial charge in [-0.25, -0.2) is 4.74 Å². The number of halogens is 9. The molecule has 1 saturated heterocycles. The Bertz CT molecular complexity index is 629. The van der Waals surface area contributed by atoms with Gasteiger partial charge in [0.05, 0.1) is 0 Å². The van der Waals surface area contributed by atoms with E-state index in [0.717, 1.165) is 6.92 Å². The summed E-state index contributed by atoms with van der Waals surface area (Å²) in [6.07, 6.45) is -11.4. The molecule has 0 aromatic carbocycles. The third kappa shape index (κ3) is 4.64. The molecule has 0 bridgehead atoms. The van der Waals surface area contributed by atoms with Gasteiger partial charge in [0.15, 0.2) is 0 Å². The first kappa shape index (κ1) is 22.6. The van der Waals surface area contributed by atoms with Crippen molar-refractivity contribution >= 4 is 38.4 Å². The maximum Gasteiger partial charge on any atom is 0.455 e. The van der Waals surface area contributed by atoms with Gasteiger partial charge in [-0.15, -0.1) is 4.40 Å². The van der Waals surface area contributed by atoms with Gasteiger partial charge >= 0.3 is 31.4 Å². The minimum Gasteiger partial charge on any atom is -0.360 e. The van der Waals surface area contributed by atoms with Crippen LogP contribution >= 0.6 is 22.6 Å². The quantitative estimate of drug-likeness (QED) is 0.177. The Morgan fingerprint density at radius 2 is 1.44 bits per heavy atom. The number of sulfonamides is 1. The van der Waals surface area contributed by atoms with Gasteiger partial charge in [-0.2, -0.15) is 43.5 Å². The number of hydrogen-bond acceptors (Lipinski definition) is 3. The van der Waals surface area contributed by atoms with Crippen molar-refractivity contribution in [3.05, 3.63) is 0 Å². The highest BCUT2D eigenvalue weighted by molar-refractivity contribution is 14.1. The molecule has 0 amide bonds. The van der Waals surface area contributed by atoms with Crippen LogP contribution in [0.3, 0.4) is 0 Å². The van der Waals surface area contributed by atoms with E-state index >= 15 is 0 Å². The lowest BCUT2D eigenvalue weighted by Crippen LogP contribution is -2.54. The summed E-state index contributed by atoms with van der Waals surface area (Å²) in [6.45, 7) is 1.39. The van der Waals surface area contributed by atoms with Crippen molar-refractivity contribution < 1.29 is 48.3 Å². The summed E-state index contributed by atoms with van der Waals surface area (Å²) in [6, 6.07) is 0. The largest absolute Gasteiger partial charge is 0.455 e.